The molecule has 3 heterocycles. The third-order valence-electron chi connectivity index (χ3n) is 13.5. The summed E-state index contributed by atoms with van der Waals surface area (Å²) in [4.78, 5) is 2.49. The van der Waals surface area contributed by atoms with Gasteiger partial charge in [0.1, 0.15) is 0 Å². The summed E-state index contributed by atoms with van der Waals surface area (Å²) >= 11 is 1.87. The Balaban J connectivity index is 1.05. The zero-order chi connectivity index (χ0) is 38.2. The molecule has 7 aromatic carbocycles. The van der Waals surface area contributed by atoms with Gasteiger partial charge in [-0.1, -0.05) is 112 Å². The maximum Gasteiger partial charge on any atom is 0.0544 e. The molecule has 2 nitrogen and oxygen atoms in total. The molecule has 0 bridgehead atoms. The highest BCUT2D eigenvalue weighted by Crippen LogP contribution is 2.55. The van der Waals surface area contributed by atoms with Gasteiger partial charge in [0.15, 0.2) is 0 Å². The van der Waals surface area contributed by atoms with Crippen molar-refractivity contribution < 1.29 is 0 Å². The van der Waals surface area contributed by atoms with Crippen LogP contribution in [-0.4, -0.2) is 4.57 Å². The van der Waals surface area contributed by atoms with E-state index in [0.717, 1.165) is 12.8 Å². The van der Waals surface area contributed by atoms with Gasteiger partial charge in [0.25, 0.3) is 0 Å². The number of thiophene rings is 1. The molecule has 0 unspecified atom stereocenters. The van der Waals surface area contributed by atoms with Gasteiger partial charge in [-0.3, -0.25) is 0 Å². The largest absolute Gasteiger partial charge is 0.310 e. The Kier molecular flexibility index (Phi) is 6.77. The van der Waals surface area contributed by atoms with Crippen LogP contribution in [0, 0.1) is 0 Å². The molecule has 0 saturated carbocycles. The third kappa shape index (κ3) is 4.58. The van der Waals surface area contributed by atoms with E-state index < -0.39 is 0 Å². The highest BCUT2D eigenvalue weighted by Gasteiger charge is 2.39. The molecule has 57 heavy (non-hydrogen) atoms. The van der Waals surface area contributed by atoms with E-state index in [2.05, 4.69) is 195 Å². The molecule has 0 atom stereocenters. The molecule has 0 saturated heterocycles. The number of nitrogens with zero attached hydrogens (tertiary/aromatic N) is 2. The van der Waals surface area contributed by atoms with Crippen LogP contribution >= 0.6 is 11.3 Å². The van der Waals surface area contributed by atoms with Crippen LogP contribution in [-0.2, 0) is 10.8 Å². The molecule has 0 radical (unpaired) electrons. The van der Waals surface area contributed by atoms with Gasteiger partial charge in [0.05, 0.1) is 22.4 Å². The quantitative estimate of drug-likeness (QED) is 0.175. The molecule has 9 aromatic rings. The first-order chi connectivity index (χ1) is 27.8. The lowest BCUT2D eigenvalue weighted by Crippen LogP contribution is -2.30. The van der Waals surface area contributed by atoms with Gasteiger partial charge >= 0.3 is 0 Å². The predicted octanol–water partition coefficient (Wildman–Crippen LogP) is 15.3. The Bertz CT molecular complexity index is 3240. The van der Waals surface area contributed by atoms with Gasteiger partial charge in [0, 0.05) is 53.1 Å². The topological polar surface area (TPSA) is 8.17 Å². The van der Waals surface area contributed by atoms with E-state index in [1.807, 2.05) is 11.3 Å². The Morgan fingerprint density at radius 2 is 1.25 bits per heavy atom. The maximum atomic E-state index is 2.51. The van der Waals surface area contributed by atoms with Crippen molar-refractivity contribution in [3.63, 3.8) is 0 Å². The van der Waals surface area contributed by atoms with E-state index in [0.29, 0.717) is 0 Å². The third-order valence-corrected chi connectivity index (χ3v) is 14.6. The number of hydrogen-bond acceptors (Lipinski definition) is 2. The summed E-state index contributed by atoms with van der Waals surface area (Å²) in [6.07, 6.45) is 7.01. The van der Waals surface area contributed by atoms with Crippen molar-refractivity contribution >= 4 is 76.0 Å². The second-order valence-electron chi connectivity index (χ2n) is 17.3. The number of para-hydroxylation sites is 2. The smallest absolute Gasteiger partial charge is 0.0544 e. The Morgan fingerprint density at radius 1 is 0.509 bits per heavy atom. The fourth-order valence-corrected chi connectivity index (χ4v) is 11.7. The Labute approximate surface area is 337 Å². The number of fused-ring (bicyclic) bond motifs is 10. The molecule has 2 aromatic heterocycles. The summed E-state index contributed by atoms with van der Waals surface area (Å²) in [7, 11) is 0. The molecule has 3 heteroatoms. The molecule has 0 N–H and O–H groups in total. The average Bonchev–Trinajstić information content (AvgIpc) is 3.85. The molecule has 1 aliphatic heterocycles. The number of aromatic nitrogens is 1. The molecule has 0 spiro atoms. The average molecular weight is 751 g/mol. The van der Waals surface area contributed by atoms with Gasteiger partial charge in [-0.05, 0) is 131 Å². The van der Waals surface area contributed by atoms with Crippen molar-refractivity contribution in [1.29, 1.82) is 0 Å². The maximum absolute atomic E-state index is 2.51. The van der Waals surface area contributed by atoms with E-state index in [1.165, 1.54) is 104 Å². The van der Waals surface area contributed by atoms with Crippen LogP contribution in [0.4, 0.5) is 17.1 Å². The van der Waals surface area contributed by atoms with Crippen molar-refractivity contribution in [2.75, 3.05) is 4.90 Å². The first-order valence-electron chi connectivity index (χ1n) is 20.3. The molecule has 3 aliphatic rings. The van der Waals surface area contributed by atoms with Crippen molar-refractivity contribution in [2.45, 2.75) is 51.4 Å². The summed E-state index contributed by atoms with van der Waals surface area (Å²) in [6.45, 7) is 9.63. The number of hydrogen-bond donors (Lipinski definition) is 0. The zero-order valence-corrected chi connectivity index (χ0v) is 33.5. The normalized spacial score (nSPS) is 16.4. The Morgan fingerprint density at radius 3 is 2.14 bits per heavy atom. The van der Waals surface area contributed by atoms with Crippen molar-refractivity contribution in [3.05, 3.63) is 186 Å². The molecule has 274 valence electrons. The van der Waals surface area contributed by atoms with Crippen molar-refractivity contribution in [1.82, 2.24) is 4.57 Å². The fourth-order valence-electron chi connectivity index (χ4n) is 10.6. The van der Waals surface area contributed by atoms with Crippen LogP contribution in [0.3, 0.4) is 0 Å². The molecule has 2 aliphatic carbocycles. The highest BCUT2D eigenvalue weighted by atomic mass is 32.1. The van der Waals surface area contributed by atoms with E-state index in [-0.39, 0.29) is 10.8 Å². The predicted molar refractivity (Wildman–Crippen MR) is 244 cm³/mol. The number of rotatable bonds is 3. The second kappa shape index (κ2) is 11.7. The minimum Gasteiger partial charge on any atom is -0.310 e. The van der Waals surface area contributed by atoms with Crippen LogP contribution in [0.1, 0.15) is 62.8 Å². The summed E-state index contributed by atoms with van der Waals surface area (Å²) in [5, 5.41) is 5.25. The highest BCUT2D eigenvalue weighted by molar-refractivity contribution is 7.25. The summed E-state index contributed by atoms with van der Waals surface area (Å²) in [5.74, 6) is 0. The fraction of sp³-hybridized carbons (Fsp3) is 0.148. The van der Waals surface area contributed by atoms with Gasteiger partial charge in [-0.15, -0.1) is 11.3 Å². The Hall–Kier alpha value is -6.16. The van der Waals surface area contributed by atoms with Gasteiger partial charge in [0.2, 0.25) is 0 Å². The number of allylic oxidation sites excluding steroid dienone is 4. The minimum absolute atomic E-state index is 0.0123. The summed E-state index contributed by atoms with van der Waals surface area (Å²) < 4.78 is 5.14. The molecule has 0 amide bonds. The van der Waals surface area contributed by atoms with Crippen LogP contribution in [0.2, 0.25) is 0 Å². The van der Waals surface area contributed by atoms with Crippen molar-refractivity contribution in [3.8, 4) is 16.8 Å². The lowest BCUT2D eigenvalue weighted by Gasteiger charge is -2.42. The van der Waals surface area contributed by atoms with E-state index in [4.69, 9.17) is 0 Å². The van der Waals surface area contributed by atoms with Gasteiger partial charge in [-0.2, -0.15) is 0 Å². The van der Waals surface area contributed by atoms with Gasteiger partial charge < -0.3 is 9.47 Å². The van der Waals surface area contributed by atoms with Crippen molar-refractivity contribution in [2.24, 2.45) is 0 Å². The first-order valence-corrected chi connectivity index (χ1v) is 21.1. The number of benzene rings is 7. The van der Waals surface area contributed by atoms with Crippen LogP contribution in [0.15, 0.2) is 163 Å². The minimum atomic E-state index is -0.197. The van der Waals surface area contributed by atoms with Gasteiger partial charge in [-0.25, -0.2) is 0 Å². The lowest BCUT2D eigenvalue weighted by atomic mass is 9.73. The van der Waals surface area contributed by atoms with Crippen LogP contribution in [0.5, 0.6) is 0 Å². The zero-order valence-electron chi connectivity index (χ0n) is 32.7. The van der Waals surface area contributed by atoms with E-state index in [9.17, 15) is 0 Å². The summed E-state index contributed by atoms with van der Waals surface area (Å²) in [5.41, 5.74) is 18.2. The molecule has 0 fully saturated rings. The molecule has 12 rings (SSSR count). The standard InChI is InChI=1S/C54H42N2S/c1-53(2)43-18-10-8-16-37(43)39-31-41-40-28-33(22-25-47(40)55(50(41)32-45(39)53)35-14-6-5-7-15-35)34-23-26-49-46(29-34)54(3,4)44-19-11-12-20-48(44)56(49)36-24-27-52-42(30-36)38-17-9-13-21-51(38)57-52/h5-9,11-17,19-32H,10,18H2,1-4H3. The van der Waals surface area contributed by atoms with E-state index >= 15 is 0 Å². The van der Waals surface area contributed by atoms with Crippen LogP contribution in [0.25, 0.3) is 64.4 Å². The van der Waals surface area contributed by atoms with E-state index in [1.54, 1.807) is 5.57 Å². The molecular formula is C54H42N2S. The first kappa shape index (κ1) is 33.0. The second-order valence-corrected chi connectivity index (χ2v) is 18.3. The SMILES string of the molecule is CC1(C)C2=C(C=CCC2)c2cc3c4cc(-c5ccc6c(c5)C(C)(C)c5ccccc5N6c5ccc6sc7ccccc7c6c5)ccc4n(-c4ccccc4)c3cc21. The van der Waals surface area contributed by atoms with Crippen LogP contribution < -0.4 is 4.90 Å². The lowest BCUT2D eigenvalue weighted by molar-refractivity contribution is 0.608. The summed E-state index contributed by atoms with van der Waals surface area (Å²) in [6, 6.07) is 55.0. The number of anilines is 3. The molecular weight excluding hydrogens is 709 g/mol. The monoisotopic (exact) mass is 750 g/mol.